The zero-order valence-electron chi connectivity index (χ0n) is 15.8. The van der Waals surface area contributed by atoms with Crippen LogP contribution in [0.1, 0.15) is 25.1 Å². The number of hydrogen-bond donors (Lipinski definition) is 2. The van der Waals surface area contributed by atoms with E-state index in [-0.39, 0.29) is 6.10 Å². The van der Waals surface area contributed by atoms with Crippen molar-refractivity contribution in [2.45, 2.75) is 33.4 Å². The zero-order chi connectivity index (χ0) is 19.2. The quantitative estimate of drug-likeness (QED) is 0.501. The molecule has 27 heavy (non-hydrogen) atoms. The highest BCUT2D eigenvalue weighted by molar-refractivity contribution is 5.92. The van der Waals surface area contributed by atoms with E-state index in [1.165, 1.54) is 5.56 Å². The Morgan fingerprint density at radius 2 is 1.85 bits per heavy atom. The molecule has 0 saturated carbocycles. The Labute approximate surface area is 159 Å². The standard InChI is InChI=1S/C21H24N4O2/c1-14(2)27-19-10-8-17(9-11-19)25-21(22)23-12-18-13-26-20(24-18)16-6-4-15(3)5-7-16/h4-11,13-14H,12H2,1-3H3,(H3,22,23,25). The summed E-state index contributed by atoms with van der Waals surface area (Å²) in [5.41, 5.74) is 9.64. The molecular weight excluding hydrogens is 340 g/mol. The molecule has 6 nitrogen and oxygen atoms in total. The Morgan fingerprint density at radius 1 is 1.15 bits per heavy atom. The topological polar surface area (TPSA) is 85.7 Å². The minimum atomic E-state index is 0.141. The highest BCUT2D eigenvalue weighted by Gasteiger charge is 2.06. The number of aromatic nitrogens is 1. The first-order valence-electron chi connectivity index (χ1n) is 8.85. The number of nitrogens with zero attached hydrogens (tertiary/aromatic N) is 2. The number of oxazole rings is 1. The van der Waals surface area contributed by atoms with Crippen LogP contribution in [0.2, 0.25) is 0 Å². The van der Waals surface area contributed by atoms with Crippen LogP contribution in [0, 0.1) is 6.92 Å². The lowest BCUT2D eigenvalue weighted by Gasteiger charge is -2.10. The van der Waals surface area contributed by atoms with Crippen LogP contribution in [0.25, 0.3) is 11.5 Å². The number of guanidine groups is 1. The molecule has 6 heteroatoms. The van der Waals surface area contributed by atoms with Crippen LogP contribution in [-0.2, 0) is 6.54 Å². The second-order valence-electron chi connectivity index (χ2n) is 6.53. The van der Waals surface area contributed by atoms with Gasteiger partial charge in [0.15, 0.2) is 5.96 Å². The molecule has 140 valence electrons. The van der Waals surface area contributed by atoms with E-state index < -0.39 is 0 Å². The molecule has 0 unspecified atom stereocenters. The molecule has 3 N–H and O–H groups in total. The van der Waals surface area contributed by atoms with Gasteiger partial charge in [0.1, 0.15) is 17.7 Å². The summed E-state index contributed by atoms with van der Waals surface area (Å²) in [6, 6.07) is 15.6. The van der Waals surface area contributed by atoms with Crippen LogP contribution in [0.15, 0.2) is 64.2 Å². The molecular formula is C21H24N4O2. The minimum Gasteiger partial charge on any atom is -0.491 e. The molecule has 0 saturated heterocycles. The van der Waals surface area contributed by atoms with Gasteiger partial charge in [0.05, 0.1) is 12.6 Å². The number of nitrogens with two attached hydrogens (primary N) is 1. The lowest BCUT2D eigenvalue weighted by atomic mass is 10.1. The SMILES string of the molecule is Cc1ccc(-c2nc(CN=C(N)Nc3ccc(OC(C)C)cc3)co2)cc1. The second-order valence-corrected chi connectivity index (χ2v) is 6.53. The summed E-state index contributed by atoms with van der Waals surface area (Å²) in [5, 5.41) is 3.05. The largest absolute Gasteiger partial charge is 0.491 e. The van der Waals surface area contributed by atoms with Crippen LogP contribution in [-0.4, -0.2) is 17.0 Å². The first-order chi connectivity index (χ1) is 13.0. The summed E-state index contributed by atoms with van der Waals surface area (Å²) in [6.07, 6.45) is 1.74. The molecule has 1 heterocycles. The highest BCUT2D eigenvalue weighted by Crippen LogP contribution is 2.20. The number of benzene rings is 2. The normalized spacial score (nSPS) is 11.6. The predicted molar refractivity (Wildman–Crippen MR) is 108 cm³/mol. The van der Waals surface area contributed by atoms with E-state index in [1.807, 2.05) is 69.3 Å². The minimum absolute atomic E-state index is 0.141. The van der Waals surface area contributed by atoms with E-state index in [0.717, 1.165) is 22.7 Å². The molecule has 3 aromatic rings. The van der Waals surface area contributed by atoms with Gasteiger partial charge in [-0.3, -0.25) is 0 Å². The van der Waals surface area contributed by atoms with E-state index in [2.05, 4.69) is 15.3 Å². The maximum Gasteiger partial charge on any atom is 0.226 e. The number of aryl methyl sites for hydroxylation is 1. The van der Waals surface area contributed by atoms with Crippen LogP contribution < -0.4 is 15.8 Å². The van der Waals surface area contributed by atoms with E-state index >= 15 is 0 Å². The fourth-order valence-electron chi connectivity index (χ4n) is 2.45. The number of nitrogens with one attached hydrogen (secondary N) is 1. The maximum absolute atomic E-state index is 5.96. The predicted octanol–water partition coefficient (Wildman–Crippen LogP) is 4.36. The third-order valence-electron chi connectivity index (χ3n) is 3.76. The molecule has 0 spiro atoms. The Balaban J connectivity index is 1.58. The number of rotatable bonds is 6. The molecule has 0 fully saturated rings. The smallest absolute Gasteiger partial charge is 0.226 e. The van der Waals surface area contributed by atoms with Crippen molar-refractivity contribution in [1.82, 2.24) is 4.98 Å². The van der Waals surface area contributed by atoms with Crippen molar-refractivity contribution in [3.8, 4) is 17.2 Å². The van der Waals surface area contributed by atoms with Gasteiger partial charge < -0.3 is 20.2 Å². The molecule has 0 bridgehead atoms. The number of anilines is 1. The van der Waals surface area contributed by atoms with Crippen LogP contribution >= 0.6 is 0 Å². The average molecular weight is 364 g/mol. The first kappa shape index (κ1) is 18.5. The van der Waals surface area contributed by atoms with Gasteiger partial charge in [-0.2, -0.15) is 0 Å². The first-order valence-corrected chi connectivity index (χ1v) is 8.85. The summed E-state index contributed by atoms with van der Waals surface area (Å²) in [6.45, 7) is 6.36. The molecule has 0 radical (unpaired) electrons. The summed E-state index contributed by atoms with van der Waals surface area (Å²) in [7, 11) is 0. The van der Waals surface area contributed by atoms with Gasteiger partial charge >= 0.3 is 0 Å². The number of hydrogen-bond acceptors (Lipinski definition) is 4. The summed E-state index contributed by atoms with van der Waals surface area (Å²) >= 11 is 0. The molecule has 2 aromatic carbocycles. The molecule has 0 amide bonds. The van der Waals surface area contributed by atoms with Gasteiger partial charge in [0.25, 0.3) is 0 Å². The highest BCUT2D eigenvalue weighted by atomic mass is 16.5. The van der Waals surface area contributed by atoms with E-state index in [9.17, 15) is 0 Å². The van der Waals surface area contributed by atoms with Crippen molar-refractivity contribution in [3.05, 3.63) is 66.1 Å². The third-order valence-corrected chi connectivity index (χ3v) is 3.76. The molecule has 0 atom stereocenters. The van der Waals surface area contributed by atoms with E-state index in [1.54, 1.807) is 6.26 Å². The average Bonchev–Trinajstić information content (AvgIpc) is 3.11. The Kier molecular flexibility index (Phi) is 5.76. The maximum atomic E-state index is 5.96. The van der Waals surface area contributed by atoms with Crippen molar-refractivity contribution < 1.29 is 9.15 Å². The Bertz CT molecular complexity index is 897. The summed E-state index contributed by atoms with van der Waals surface area (Å²) in [4.78, 5) is 8.77. The summed E-state index contributed by atoms with van der Waals surface area (Å²) < 4.78 is 11.1. The van der Waals surface area contributed by atoms with Gasteiger partial charge in [0.2, 0.25) is 5.89 Å². The van der Waals surface area contributed by atoms with E-state index in [0.29, 0.717) is 18.4 Å². The molecule has 3 rings (SSSR count). The lowest BCUT2D eigenvalue weighted by molar-refractivity contribution is 0.242. The molecule has 0 aliphatic rings. The van der Waals surface area contributed by atoms with Gasteiger partial charge in [0, 0.05) is 11.3 Å². The summed E-state index contributed by atoms with van der Waals surface area (Å²) in [5.74, 6) is 1.71. The Morgan fingerprint density at radius 3 is 2.52 bits per heavy atom. The monoisotopic (exact) mass is 364 g/mol. The van der Waals surface area contributed by atoms with E-state index in [4.69, 9.17) is 14.9 Å². The fourth-order valence-corrected chi connectivity index (χ4v) is 2.45. The van der Waals surface area contributed by atoms with Crippen molar-refractivity contribution in [3.63, 3.8) is 0 Å². The fraction of sp³-hybridized carbons (Fsp3) is 0.238. The zero-order valence-corrected chi connectivity index (χ0v) is 15.8. The number of ether oxygens (including phenoxy) is 1. The van der Waals surface area contributed by atoms with Crippen LogP contribution in [0.4, 0.5) is 5.69 Å². The van der Waals surface area contributed by atoms with Crippen molar-refractivity contribution >= 4 is 11.6 Å². The van der Waals surface area contributed by atoms with Crippen molar-refractivity contribution in [2.75, 3.05) is 5.32 Å². The number of aliphatic imine (C=N–C) groups is 1. The van der Waals surface area contributed by atoms with Crippen LogP contribution in [0.5, 0.6) is 5.75 Å². The van der Waals surface area contributed by atoms with Crippen molar-refractivity contribution in [1.29, 1.82) is 0 Å². The molecule has 1 aromatic heterocycles. The van der Waals surface area contributed by atoms with Gasteiger partial charge in [-0.05, 0) is 57.2 Å². The molecule has 0 aliphatic carbocycles. The molecule has 0 aliphatic heterocycles. The van der Waals surface area contributed by atoms with Gasteiger partial charge in [-0.15, -0.1) is 0 Å². The third kappa shape index (κ3) is 5.34. The Hall–Kier alpha value is -3.28. The van der Waals surface area contributed by atoms with Crippen molar-refractivity contribution in [2.24, 2.45) is 10.7 Å². The van der Waals surface area contributed by atoms with Gasteiger partial charge in [-0.25, -0.2) is 9.98 Å². The van der Waals surface area contributed by atoms with Crippen LogP contribution in [0.3, 0.4) is 0 Å². The van der Waals surface area contributed by atoms with Gasteiger partial charge in [-0.1, -0.05) is 17.7 Å². The lowest BCUT2D eigenvalue weighted by Crippen LogP contribution is -2.22. The second kappa shape index (κ2) is 8.40.